The van der Waals surface area contributed by atoms with Crippen molar-refractivity contribution in [3.63, 3.8) is 0 Å². The molecule has 118 valence electrons. The molecule has 4 heteroatoms. The Morgan fingerprint density at radius 2 is 2.05 bits per heavy atom. The molecule has 2 saturated heterocycles. The molecular weight excluding hydrogens is 252 g/mol. The van der Waals surface area contributed by atoms with E-state index >= 15 is 0 Å². The Kier molecular flexibility index (Phi) is 5.84. The normalized spacial score (nSPS) is 33.8. The van der Waals surface area contributed by atoms with Crippen LogP contribution in [0.1, 0.15) is 39.5 Å². The average Bonchev–Trinajstić information content (AvgIpc) is 2.48. The van der Waals surface area contributed by atoms with Gasteiger partial charge in [-0.25, -0.2) is 0 Å². The minimum absolute atomic E-state index is 0.172. The summed E-state index contributed by atoms with van der Waals surface area (Å²) in [5, 5.41) is 0. The van der Waals surface area contributed by atoms with Gasteiger partial charge in [0.25, 0.3) is 0 Å². The highest BCUT2D eigenvalue weighted by Gasteiger charge is 2.42. The van der Waals surface area contributed by atoms with Crippen LogP contribution in [0.25, 0.3) is 0 Å². The zero-order valence-electron chi connectivity index (χ0n) is 13.4. The van der Waals surface area contributed by atoms with Gasteiger partial charge in [0.15, 0.2) is 0 Å². The van der Waals surface area contributed by atoms with Gasteiger partial charge in [-0.05, 0) is 50.6 Å². The summed E-state index contributed by atoms with van der Waals surface area (Å²) in [5.41, 5.74) is 6.37. The Morgan fingerprint density at radius 1 is 1.35 bits per heavy atom. The van der Waals surface area contributed by atoms with Gasteiger partial charge in [0.1, 0.15) is 0 Å². The number of likely N-dealkylation sites (tertiary alicyclic amines) is 1. The third-order valence-corrected chi connectivity index (χ3v) is 5.29. The molecule has 0 bridgehead atoms. The summed E-state index contributed by atoms with van der Waals surface area (Å²) in [7, 11) is 1.81. The summed E-state index contributed by atoms with van der Waals surface area (Å²) >= 11 is 0. The van der Waals surface area contributed by atoms with Crippen LogP contribution in [0, 0.1) is 11.8 Å². The summed E-state index contributed by atoms with van der Waals surface area (Å²) in [6.07, 6.45) is 5.02. The van der Waals surface area contributed by atoms with Crippen molar-refractivity contribution in [2.75, 3.05) is 40.0 Å². The molecule has 2 rings (SSSR count). The fourth-order valence-electron chi connectivity index (χ4n) is 3.78. The average molecular weight is 284 g/mol. The van der Waals surface area contributed by atoms with Gasteiger partial charge in [0.2, 0.25) is 0 Å². The van der Waals surface area contributed by atoms with Gasteiger partial charge in [0, 0.05) is 32.4 Å². The molecule has 2 unspecified atom stereocenters. The largest absolute Gasteiger partial charge is 0.384 e. The van der Waals surface area contributed by atoms with Crippen LogP contribution in [0.3, 0.4) is 0 Å². The molecule has 0 spiro atoms. The molecule has 2 fully saturated rings. The SMILES string of the molecule is COCC1CCN(C2(CN)CCOC(C(C)C)C2)CC1. The van der Waals surface area contributed by atoms with Gasteiger partial charge >= 0.3 is 0 Å². The van der Waals surface area contributed by atoms with Crippen LogP contribution >= 0.6 is 0 Å². The summed E-state index contributed by atoms with van der Waals surface area (Å²) in [5.74, 6) is 1.30. The topological polar surface area (TPSA) is 47.7 Å². The molecule has 20 heavy (non-hydrogen) atoms. The number of ether oxygens (including phenoxy) is 2. The van der Waals surface area contributed by atoms with Crippen molar-refractivity contribution < 1.29 is 9.47 Å². The Balaban J connectivity index is 1.97. The van der Waals surface area contributed by atoms with Gasteiger partial charge < -0.3 is 15.2 Å². The van der Waals surface area contributed by atoms with E-state index in [0.29, 0.717) is 12.0 Å². The number of nitrogens with zero attached hydrogens (tertiary/aromatic N) is 1. The molecule has 0 amide bonds. The summed E-state index contributed by atoms with van der Waals surface area (Å²) in [4.78, 5) is 2.65. The van der Waals surface area contributed by atoms with Gasteiger partial charge in [-0.3, -0.25) is 4.90 Å². The first-order valence-corrected chi connectivity index (χ1v) is 8.17. The predicted octanol–water partition coefficient (Wildman–Crippen LogP) is 1.88. The van der Waals surface area contributed by atoms with E-state index in [1.165, 1.54) is 12.8 Å². The number of methoxy groups -OCH3 is 1. The van der Waals surface area contributed by atoms with Crippen molar-refractivity contribution in [1.29, 1.82) is 0 Å². The van der Waals surface area contributed by atoms with E-state index in [1.807, 2.05) is 0 Å². The van der Waals surface area contributed by atoms with Gasteiger partial charge in [-0.1, -0.05) is 13.8 Å². The predicted molar refractivity (Wildman–Crippen MR) is 81.8 cm³/mol. The standard InChI is InChI=1S/C16H32N2O2/c1-13(2)15-10-16(12-17,6-9-20-15)18-7-4-14(5-8-18)11-19-3/h13-15H,4-12,17H2,1-3H3. The Labute approximate surface area is 124 Å². The van der Waals surface area contributed by atoms with Crippen LogP contribution in [0.2, 0.25) is 0 Å². The highest BCUT2D eigenvalue weighted by Crippen LogP contribution is 2.35. The molecule has 0 aromatic rings. The molecule has 2 atom stereocenters. The third-order valence-electron chi connectivity index (χ3n) is 5.29. The Bertz CT molecular complexity index is 290. The maximum Gasteiger partial charge on any atom is 0.0616 e. The first kappa shape index (κ1) is 16.2. The third kappa shape index (κ3) is 3.53. The van der Waals surface area contributed by atoms with Crippen molar-refractivity contribution in [1.82, 2.24) is 4.90 Å². The van der Waals surface area contributed by atoms with E-state index in [9.17, 15) is 0 Å². The van der Waals surface area contributed by atoms with E-state index in [-0.39, 0.29) is 5.54 Å². The molecular formula is C16H32N2O2. The van der Waals surface area contributed by atoms with Crippen LogP contribution in [0.4, 0.5) is 0 Å². The zero-order chi connectivity index (χ0) is 14.6. The van der Waals surface area contributed by atoms with Crippen LogP contribution in [-0.4, -0.2) is 56.5 Å². The number of rotatable bonds is 5. The first-order chi connectivity index (χ1) is 9.61. The fraction of sp³-hybridized carbons (Fsp3) is 1.00. The van der Waals surface area contributed by atoms with E-state index < -0.39 is 0 Å². The van der Waals surface area contributed by atoms with Crippen molar-refractivity contribution in [3.05, 3.63) is 0 Å². The summed E-state index contributed by atoms with van der Waals surface area (Å²) in [6, 6.07) is 0. The van der Waals surface area contributed by atoms with E-state index in [4.69, 9.17) is 15.2 Å². The molecule has 4 nitrogen and oxygen atoms in total. The van der Waals surface area contributed by atoms with Gasteiger partial charge in [-0.2, -0.15) is 0 Å². The minimum Gasteiger partial charge on any atom is -0.384 e. The van der Waals surface area contributed by atoms with Crippen LogP contribution < -0.4 is 5.73 Å². The summed E-state index contributed by atoms with van der Waals surface area (Å²) in [6.45, 7) is 9.35. The van der Waals surface area contributed by atoms with E-state index in [2.05, 4.69) is 18.7 Å². The van der Waals surface area contributed by atoms with Crippen molar-refractivity contribution >= 4 is 0 Å². The molecule has 2 heterocycles. The second-order valence-electron chi connectivity index (χ2n) is 6.92. The van der Waals surface area contributed by atoms with E-state index in [1.54, 1.807) is 7.11 Å². The molecule has 0 aromatic heterocycles. The Hall–Kier alpha value is -0.160. The van der Waals surface area contributed by atoms with Gasteiger partial charge in [0.05, 0.1) is 6.10 Å². The molecule has 2 aliphatic rings. The number of nitrogens with two attached hydrogens (primary N) is 1. The number of hydrogen-bond donors (Lipinski definition) is 1. The van der Waals surface area contributed by atoms with Crippen molar-refractivity contribution in [2.45, 2.75) is 51.2 Å². The van der Waals surface area contributed by atoms with Gasteiger partial charge in [-0.15, -0.1) is 0 Å². The van der Waals surface area contributed by atoms with Crippen molar-refractivity contribution in [2.24, 2.45) is 17.6 Å². The van der Waals surface area contributed by atoms with Crippen LogP contribution in [-0.2, 0) is 9.47 Å². The van der Waals surface area contributed by atoms with E-state index in [0.717, 1.165) is 51.6 Å². The summed E-state index contributed by atoms with van der Waals surface area (Å²) < 4.78 is 11.2. The molecule has 2 aliphatic heterocycles. The lowest BCUT2D eigenvalue weighted by atomic mass is 9.80. The maximum atomic E-state index is 6.20. The molecule has 0 saturated carbocycles. The monoisotopic (exact) mass is 284 g/mol. The lowest BCUT2D eigenvalue weighted by Crippen LogP contribution is -2.61. The molecule has 0 aromatic carbocycles. The molecule has 0 radical (unpaired) electrons. The lowest BCUT2D eigenvalue weighted by molar-refractivity contribution is -0.0955. The highest BCUT2D eigenvalue weighted by atomic mass is 16.5. The molecule has 2 N–H and O–H groups in total. The smallest absolute Gasteiger partial charge is 0.0616 e. The fourth-order valence-corrected chi connectivity index (χ4v) is 3.78. The number of piperidine rings is 1. The second kappa shape index (κ2) is 7.21. The highest BCUT2D eigenvalue weighted by molar-refractivity contribution is 4.98. The quantitative estimate of drug-likeness (QED) is 0.837. The first-order valence-electron chi connectivity index (χ1n) is 8.17. The van der Waals surface area contributed by atoms with Crippen LogP contribution in [0.5, 0.6) is 0 Å². The maximum absolute atomic E-state index is 6.20. The molecule has 0 aliphatic carbocycles. The Morgan fingerprint density at radius 3 is 2.60 bits per heavy atom. The lowest BCUT2D eigenvalue weighted by Gasteiger charge is -2.51. The second-order valence-corrected chi connectivity index (χ2v) is 6.92. The minimum atomic E-state index is 0.172. The van der Waals surface area contributed by atoms with Crippen LogP contribution in [0.15, 0.2) is 0 Å². The number of hydrogen-bond acceptors (Lipinski definition) is 4. The van der Waals surface area contributed by atoms with Crippen molar-refractivity contribution in [3.8, 4) is 0 Å². The zero-order valence-corrected chi connectivity index (χ0v) is 13.4.